The van der Waals surface area contributed by atoms with Crippen LogP contribution < -0.4 is 5.32 Å². The summed E-state index contributed by atoms with van der Waals surface area (Å²) in [6.07, 6.45) is 0.0249. The van der Waals surface area contributed by atoms with Crippen LogP contribution in [0.15, 0.2) is 12.2 Å². The van der Waals surface area contributed by atoms with Crippen LogP contribution in [0, 0.1) is 0 Å². The Balaban J connectivity index is 3.95. The Morgan fingerprint density at radius 1 is 1.14 bits per heavy atom. The number of carbonyl (C=O) groups excluding carboxylic acids is 4. The van der Waals surface area contributed by atoms with Crippen LogP contribution >= 0.6 is 0 Å². The van der Waals surface area contributed by atoms with Crippen molar-refractivity contribution in [3.63, 3.8) is 0 Å². The fraction of sp³-hybridized carbons (Fsp3) is 0.538. The molecule has 0 fully saturated rings. The Morgan fingerprint density at radius 2 is 1.77 bits per heavy atom. The number of nitrogens with one attached hydrogen (secondary N) is 1. The lowest BCUT2D eigenvalue weighted by Crippen LogP contribution is -2.38. The van der Waals surface area contributed by atoms with E-state index < -0.39 is 36.5 Å². The number of rotatable bonds is 9. The van der Waals surface area contributed by atoms with Gasteiger partial charge in [-0.1, -0.05) is 0 Å². The van der Waals surface area contributed by atoms with Gasteiger partial charge in [-0.15, -0.1) is 0 Å². The second-order valence-electron chi connectivity index (χ2n) is 3.85. The van der Waals surface area contributed by atoms with Crippen LogP contribution in [-0.4, -0.2) is 61.9 Å². The number of methoxy groups -OCH3 is 1. The van der Waals surface area contributed by atoms with E-state index >= 15 is 0 Å². The highest BCUT2D eigenvalue weighted by Gasteiger charge is 2.16. The summed E-state index contributed by atoms with van der Waals surface area (Å²) in [4.78, 5) is 44.3. The number of hydrogen-bond donors (Lipinski definition) is 2. The maximum Gasteiger partial charge on any atom is 0.331 e. The van der Waals surface area contributed by atoms with E-state index in [1.165, 1.54) is 0 Å². The van der Waals surface area contributed by atoms with E-state index in [0.29, 0.717) is 0 Å². The number of aliphatic hydroxyl groups is 1. The van der Waals surface area contributed by atoms with Gasteiger partial charge < -0.3 is 24.6 Å². The van der Waals surface area contributed by atoms with Crippen LogP contribution in [0.1, 0.15) is 13.3 Å². The molecule has 0 aliphatic carbocycles. The number of ether oxygens (including phenoxy) is 3. The third kappa shape index (κ3) is 9.48. The van der Waals surface area contributed by atoms with Crippen molar-refractivity contribution in [3.05, 3.63) is 12.2 Å². The number of amides is 1. The Hall–Kier alpha value is -2.42. The Labute approximate surface area is 127 Å². The van der Waals surface area contributed by atoms with Crippen molar-refractivity contribution >= 4 is 23.8 Å². The molecule has 1 unspecified atom stereocenters. The van der Waals surface area contributed by atoms with Crippen LogP contribution in [0.2, 0.25) is 0 Å². The van der Waals surface area contributed by atoms with Crippen molar-refractivity contribution in [1.29, 1.82) is 0 Å². The Kier molecular flexibility index (Phi) is 10.0. The minimum absolute atomic E-state index is 0.00901. The standard InChI is InChI=1S/C13H19NO8/c1-3-21-12(18)6-7-14-13(19)9(15)8-22-11(17)5-4-10(16)20-2/h4-5,9,15H,3,6-8H2,1-2H3,(H,14,19)/b5-4+. The number of carbonyl (C=O) groups is 4. The molecule has 0 aromatic rings. The SMILES string of the molecule is CCOC(=O)CCNC(=O)C(O)COC(=O)/C=C/C(=O)OC. The largest absolute Gasteiger partial charge is 0.466 e. The molecular formula is C13H19NO8. The predicted molar refractivity (Wildman–Crippen MR) is 72.4 cm³/mol. The molecule has 0 aliphatic rings. The molecule has 0 aliphatic heterocycles. The lowest BCUT2D eigenvalue weighted by molar-refractivity contribution is -0.145. The first-order valence-corrected chi connectivity index (χ1v) is 6.44. The van der Waals surface area contributed by atoms with Crippen molar-refractivity contribution < 1.29 is 38.5 Å². The third-order valence-electron chi connectivity index (χ3n) is 2.18. The summed E-state index contributed by atoms with van der Waals surface area (Å²) < 4.78 is 13.5. The predicted octanol–water partition coefficient (Wildman–Crippen LogP) is -1.31. The van der Waals surface area contributed by atoms with Gasteiger partial charge in [0.25, 0.3) is 5.91 Å². The molecule has 22 heavy (non-hydrogen) atoms. The van der Waals surface area contributed by atoms with Gasteiger partial charge in [-0.3, -0.25) is 9.59 Å². The van der Waals surface area contributed by atoms with Crippen molar-refractivity contribution in [2.45, 2.75) is 19.4 Å². The summed E-state index contributed by atoms with van der Waals surface area (Å²) in [6, 6.07) is 0. The van der Waals surface area contributed by atoms with Gasteiger partial charge in [0.05, 0.1) is 20.1 Å². The zero-order valence-electron chi connectivity index (χ0n) is 12.4. The Bertz CT molecular complexity index is 432. The zero-order chi connectivity index (χ0) is 17.0. The summed E-state index contributed by atoms with van der Waals surface area (Å²) in [7, 11) is 1.14. The number of aliphatic hydroxyl groups excluding tert-OH is 1. The van der Waals surface area contributed by atoms with Gasteiger partial charge in [0.2, 0.25) is 0 Å². The van der Waals surface area contributed by atoms with E-state index in [9.17, 15) is 24.3 Å². The molecule has 9 nitrogen and oxygen atoms in total. The molecule has 0 spiro atoms. The second-order valence-corrected chi connectivity index (χ2v) is 3.85. The van der Waals surface area contributed by atoms with Gasteiger partial charge >= 0.3 is 17.9 Å². The topological polar surface area (TPSA) is 128 Å². The van der Waals surface area contributed by atoms with Crippen molar-refractivity contribution in [3.8, 4) is 0 Å². The van der Waals surface area contributed by atoms with E-state index in [1.807, 2.05) is 0 Å². The van der Waals surface area contributed by atoms with Crippen molar-refractivity contribution in [2.24, 2.45) is 0 Å². The van der Waals surface area contributed by atoms with Gasteiger partial charge in [-0.25, -0.2) is 9.59 Å². The molecule has 0 aromatic carbocycles. The van der Waals surface area contributed by atoms with E-state index in [4.69, 9.17) is 0 Å². The molecule has 0 bridgehead atoms. The molecule has 1 amide bonds. The first-order chi connectivity index (χ1) is 10.4. The van der Waals surface area contributed by atoms with Crippen LogP contribution in [0.25, 0.3) is 0 Å². The average Bonchev–Trinajstić information content (AvgIpc) is 2.50. The summed E-state index contributed by atoms with van der Waals surface area (Å²) in [5, 5.41) is 11.7. The average molecular weight is 317 g/mol. The van der Waals surface area contributed by atoms with E-state index in [0.717, 1.165) is 19.3 Å². The van der Waals surface area contributed by atoms with Gasteiger partial charge in [0.1, 0.15) is 6.61 Å². The summed E-state index contributed by atoms with van der Waals surface area (Å²) >= 11 is 0. The molecule has 2 N–H and O–H groups in total. The molecule has 124 valence electrons. The van der Waals surface area contributed by atoms with Gasteiger partial charge in [0, 0.05) is 18.7 Å². The lowest BCUT2D eigenvalue weighted by Gasteiger charge is -2.10. The Morgan fingerprint density at radius 3 is 2.36 bits per heavy atom. The molecule has 0 saturated carbocycles. The van der Waals surface area contributed by atoms with Crippen molar-refractivity contribution in [1.82, 2.24) is 5.32 Å². The van der Waals surface area contributed by atoms with Crippen LogP contribution in [0.4, 0.5) is 0 Å². The van der Waals surface area contributed by atoms with E-state index in [2.05, 4.69) is 19.5 Å². The minimum atomic E-state index is -1.59. The number of hydrogen-bond acceptors (Lipinski definition) is 8. The highest BCUT2D eigenvalue weighted by molar-refractivity contribution is 5.91. The summed E-state index contributed by atoms with van der Waals surface area (Å²) in [6.45, 7) is 1.30. The highest BCUT2D eigenvalue weighted by atomic mass is 16.5. The molecule has 0 rings (SSSR count). The zero-order valence-corrected chi connectivity index (χ0v) is 12.4. The van der Waals surface area contributed by atoms with Crippen LogP contribution in [-0.2, 0) is 33.4 Å². The van der Waals surface area contributed by atoms with Gasteiger partial charge in [-0.2, -0.15) is 0 Å². The second kappa shape index (κ2) is 11.3. The highest BCUT2D eigenvalue weighted by Crippen LogP contribution is 1.91. The normalized spacial score (nSPS) is 11.6. The van der Waals surface area contributed by atoms with E-state index in [1.54, 1.807) is 6.92 Å². The minimum Gasteiger partial charge on any atom is -0.466 e. The lowest BCUT2D eigenvalue weighted by atomic mass is 10.3. The fourth-order valence-corrected chi connectivity index (χ4v) is 1.13. The molecule has 0 radical (unpaired) electrons. The van der Waals surface area contributed by atoms with Crippen molar-refractivity contribution in [2.75, 3.05) is 26.9 Å². The first kappa shape index (κ1) is 19.6. The maximum atomic E-state index is 11.4. The third-order valence-corrected chi connectivity index (χ3v) is 2.18. The van der Waals surface area contributed by atoms with Gasteiger partial charge in [0.15, 0.2) is 6.10 Å². The summed E-state index contributed by atoms with van der Waals surface area (Å²) in [5.41, 5.74) is 0. The maximum absolute atomic E-state index is 11.4. The van der Waals surface area contributed by atoms with Gasteiger partial charge in [-0.05, 0) is 6.92 Å². The molecule has 0 heterocycles. The molecular weight excluding hydrogens is 298 g/mol. The summed E-state index contributed by atoms with van der Waals surface area (Å²) in [5.74, 6) is -2.93. The monoisotopic (exact) mass is 317 g/mol. The smallest absolute Gasteiger partial charge is 0.331 e. The fourth-order valence-electron chi connectivity index (χ4n) is 1.13. The van der Waals surface area contributed by atoms with Crippen LogP contribution in [0.5, 0.6) is 0 Å². The quantitative estimate of drug-likeness (QED) is 0.305. The molecule has 0 saturated heterocycles. The van der Waals surface area contributed by atoms with E-state index in [-0.39, 0.29) is 19.6 Å². The van der Waals surface area contributed by atoms with Crippen LogP contribution in [0.3, 0.4) is 0 Å². The molecule has 0 aromatic heterocycles. The number of esters is 3. The molecule has 1 atom stereocenters. The first-order valence-electron chi connectivity index (χ1n) is 6.44. The molecule has 9 heteroatoms.